The van der Waals surface area contributed by atoms with E-state index in [9.17, 15) is 4.79 Å². The molecule has 7 nitrogen and oxygen atoms in total. The molecule has 0 bridgehead atoms. The summed E-state index contributed by atoms with van der Waals surface area (Å²) in [5, 5.41) is 3.07. The van der Waals surface area contributed by atoms with Gasteiger partial charge >= 0.3 is 0 Å². The minimum Gasteiger partial charge on any atom is -0.357 e. The largest absolute Gasteiger partial charge is 0.357 e. The number of carbonyl (C=O) groups is 1. The van der Waals surface area contributed by atoms with Gasteiger partial charge in [-0.2, -0.15) is 0 Å². The summed E-state index contributed by atoms with van der Waals surface area (Å²) in [6.07, 6.45) is 9.72. The molecule has 1 N–H and O–H groups in total. The molecule has 0 aliphatic carbocycles. The summed E-state index contributed by atoms with van der Waals surface area (Å²) < 4.78 is 0. The maximum Gasteiger partial charge on any atom is 0.225 e. The van der Waals surface area contributed by atoms with Gasteiger partial charge in [0.2, 0.25) is 11.9 Å². The van der Waals surface area contributed by atoms with Crippen LogP contribution in [0.2, 0.25) is 0 Å². The lowest BCUT2D eigenvalue weighted by Crippen LogP contribution is -2.43. The Morgan fingerprint density at radius 1 is 1.04 bits per heavy atom. The number of rotatable bonds is 5. The van der Waals surface area contributed by atoms with Gasteiger partial charge in [-0.3, -0.25) is 4.79 Å². The maximum atomic E-state index is 12.6. The van der Waals surface area contributed by atoms with Crippen LogP contribution in [-0.4, -0.2) is 47.0 Å². The fourth-order valence-electron chi connectivity index (χ4n) is 3.82. The van der Waals surface area contributed by atoms with Crippen molar-refractivity contribution in [3.05, 3.63) is 42.4 Å². The number of amides is 1. The van der Waals surface area contributed by atoms with Crippen LogP contribution in [0, 0.1) is 5.92 Å². The minimum atomic E-state index is -0.0283. The van der Waals surface area contributed by atoms with Gasteiger partial charge in [0.1, 0.15) is 5.82 Å². The molecule has 2 aromatic heterocycles. The van der Waals surface area contributed by atoms with E-state index in [1.807, 2.05) is 6.20 Å². The normalized spacial score (nSPS) is 19.9. The van der Waals surface area contributed by atoms with Crippen LogP contribution in [0.15, 0.2) is 36.8 Å². The van der Waals surface area contributed by atoms with E-state index in [-0.39, 0.29) is 11.8 Å². The quantitative estimate of drug-likeness (QED) is 0.873. The zero-order valence-corrected chi connectivity index (χ0v) is 15.5. The molecular weight excluding hydrogens is 340 g/mol. The first kappa shape index (κ1) is 17.7. The molecular formula is C20H26N6O. The lowest BCUT2D eigenvalue weighted by molar-refractivity contribution is -0.125. The number of carbonyl (C=O) groups excluding carboxylic acids is 1. The highest BCUT2D eigenvalue weighted by molar-refractivity contribution is 5.79. The van der Waals surface area contributed by atoms with Crippen molar-refractivity contribution in [3.63, 3.8) is 0 Å². The molecule has 0 radical (unpaired) electrons. The number of piperidine rings is 1. The smallest absolute Gasteiger partial charge is 0.225 e. The number of nitrogens with one attached hydrogen (secondary N) is 1. The Balaban J connectivity index is 1.29. The van der Waals surface area contributed by atoms with Crippen LogP contribution < -0.4 is 15.1 Å². The van der Waals surface area contributed by atoms with Crippen LogP contribution in [-0.2, 0) is 11.3 Å². The second-order valence-corrected chi connectivity index (χ2v) is 7.27. The number of aromatic nitrogens is 3. The molecule has 2 fully saturated rings. The van der Waals surface area contributed by atoms with Gasteiger partial charge in [-0.25, -0.2) is 15.0 Å². The van der Waals surface area contributed by atoms with Gasteiger partial charge in [0.05, 0.1) is 5.92 Å². The van der Waals surface area contributed by atoms with E-state index in [1.54, 1.807) is 18.5 Å². The molecule has 2 aliphatic rings. The fraction of sp³-hybridized carbons (Fsp3) is 0.500. The Hall–Kier alpha value is -2.70. The third-order valence-corrected chi connectivity index (χ3v) is 5.33. The van der Waals surface area contributed by atoms with Crippen LogP contribution in [0.5, 0.6) is 0 Å². The number of nitrogens with zero attached hydrogens (tertiary/aromatic N) is 5. The van der Waals surface area contributed by atoms with E-state index in [0.29, 0.717) is 19.0 Å². The van der Waals surface area contributed by atoms with Crippen LogP contribution in [0.4, 0.5) is 11.8 Å². The van der Waals surface area contributed by atoms with Gasteiger partial charge in [-0.1, -0.05) is 6.07 Å². The molecule has 2 aliphatic heterocycles. The average molecular weight is 366 g/mol. The highest BCUT2D eigenvalue weighted by Gasteiger charge is 2.26. The monoisotopic (exact) mass is 366 g/mol. The summed E-state index contributed by atoms with van der Waals surface area (Å²) in [5.41, 5.74) is 1.03. The number of pyridine rings is 1. The summed E-state index contributed by atoms with van der Waals surface area (Å²) >= 11 is 0. The van der Waals surface area contributed by atoms with Crippen molar-refractivity contribution in [2.24, 2.45) is 5.92 Å². The summed E-state index contributed by atoms with van der Waals surface area (Å²) in [6.45, 7) is 4.26. The molecule has 1 atom stereocenters. The van der Waals surface area contributed by atoms with Crippen LogP contribution in [0.25, 0.3) is 0 Å². The van der Waals surface area contributed by atoms with E-state index >= 15 is 0 Å². The van der Waals surface area contributed by atoms with Gasteiger partial charge in [-0.05, 0) is 43.4 Å². The standard InChI is InChI=1S/C20H26N6O/c27-19(17-5-3-12-26(15-17)20-21-8-4-9-22-20)24-14-16-6-7-18(23-13-16)25-10-1-2-11-25/h4,6-9,13,17H,1-3,5,10-12,14-15H2,(H,24,27). The topological polar surface area (TPSA) is 74.2 Å². The number of anilines is 2. The highest BCUT2D eigenvalue weighted by atomic mass is 16.1. The SMILES string of the molecule is O=C(NCc1ccc(N2CCCC2)nc1)C1CCCN(c2ncccn2)C1. The molecule has 0 spiro atoms. The minimum absolute atomic E-state index is 0.0283. The highest BCUT2D eigenvalue weighted by Crippen LogP contribution is 2.21. The van der Waals surface area contributed by atoms with E-state index < -0.39 is 0 Å². The molecule has 0 saturated carbocycles. The lowest BCUT2D eigenvalue weighted by atomic mass is 9.97. The molecule has 4 rings (SSSR count). The summed E-state index contributed by atoms with van der Waals surface area (Å²) in [5.74, 6) is 1.81. The lowest BCUT2D eigenvalue weighted by Gasteiger charge is -2.31. The van der Waals surface area contributed by atoms with Crippen LogP contribution in [0.1, 0.15) is 31.2 Å². The van der Waals surface area contributed by atoms with E-state index in [4.69, 9.17) is 0 Å². The van der Waals surface area contributed by atoms with E-state index in [2.05, 4.69) is 42.2 Å². The van der Waals surface area contributed by atoms with Crippen molar-refractivity contribution >= 4 is 17.7 Å². The Labute approximate surface area is 159 Å². The fourth-order valence-corrected chi connectivity index (χ4v) is 3.82. The summed E-state index contributed by atoms with van der Waals surface area (Å²) in [7, 11) is 0. The molecule has 2 saturated heterocycles. The molecule has 1 amide bonds. The Morgan fingerprint density at radius 3 is 2.56 bits per heavy atom. The van der Waals surface area contributed by atoms with Gasteiger partial charge in [0, 0.05) is 51.3 Å². The van der Waals surface area contributed by atoms with Crippen molar-refractivity contribution in [2.75, 3.05) is 36.0 Å². The first-order valence-corrected chi connectivity index (χ1v) is 9.79. The van der Waals surface area contributed by atoms with Crippen molar-refractivity contribution in [3.8, 4) is 0 Å². The third kappa shape index (κ3) is 4.35. The molecule has 27 heavy (non-hydrogen) atoms. The molecule has 4 heterocycles. The Bertz CT molecular complexity index is 745. The van der Waals surface area contributed by atoms with Crippen molar-refractivity contribution in [1.29, 1.82) is 0 Å². The van der Waals surface area contributed by atoms with Crippen LogP contribution >= 0.6 is 0 Å². The molecule has 1 unspecified atom stereocenters. The number of hydrogen-bond donors (Lipinski definition) is 1. The predicted molar refractivity (Wildman–Crippen MR) is 104 cm³/mol. The van der Waals surface area contributed by atoms with Crippen molar-refractivity contribution in [2.45, 2.75) is 32.2 Å². The van der Waals surface area contributed by atoms with Gasteiger partial charge in [-0.15, -0.1) is 0 Å². The van der Waals surface area contributed by atoms with Gasteiger partial charge < -0.3 is 15.1 Å². The summed E-state index contributed by atoms with van der Waals surface area (Å²) in [6, 6.07) is 5.93. The zero-order chi connectivity index (χ0) is 18.5. The third-order valence-electron chi connectivity index (χ3n) is 5.33. The second-order valence-electron chi connectivity index (χ2n) is 7.27. The predicted octanol–water partition coefficient (Wildman–Crippen LogP) is 2.00. The number of hydrogen-bond acceptors (Lipinski definition) is 6. The van der Waals surface area contributed by atoms with E-state index in [1.165, 1.54) is 12.8 Å². The molecule has 142 valence electrons. The summed E-state index contributed by atoms with van der Waals surface area (Å²) in [4.78, 5) is 30.2. The van der Waals surface area contributed by atoms with Crippen LogP contribution in [0.3, 0.4) is 0 Å². The van der Waals surface area contributed by atoms with Crippen molar-refractivity contribution < 1.29 is 4.79 Å². The van der Waals surface area contributed by atoms with Gasteiger partial charge in [0.15, 0.2) is 0 Å². The average Bonchev–Trinajstić information content (AvgIpc) is 3.28. The molecule has 0 aromatic carbocycles. The Morgan fingerprint density at radius 2 is 1.81 bits per heavy atom. The maximum absolute atomic E-state index is 12.6. The first-order valence-electron chi connectivity index (χ1n) is 9.79. The molecule has 2 aromatic rings. The van der Waals surface area contributed by atoms with Crippen molar-refractivity contribution in [1.82, 2.24) is 20.3 Å². The first-order chi connectivity index (χ1) is 13.3. The zero-order valence-electron chi connectivity index (χ0n) is 15.5. The Kier molecular flexibility index (Phi) is 5.46. The molecule has 7 heteroatoms. The van der Waals surface area contributed by atoms with Gasteiger partial charge in [0.25, 0.3) is 0 Å². The second kappa shape index (κ2) is 8.33. The van der Waals surface area contributed by atoms with E-state index in [0.717, 1.165) is 43.9 Å².